The minimum atomic E-state index is -3.76. The topological polar surface area (TPSA) is 55.4 Å². The molecule has 21 heavy (non-hydrogen) atoms. The van der Waals surface area contributed by atoms with Crippen molar-refractivity contribution in [1.29, 1.82) is 0 Å². The van der Waals surface area contributed by atoms with Crippen LogP contribution in [0.3, 0.4) is 0 Å². The predicted molar refractivity (Wildman–Crippen MR) is 79.6 cm³/mol. The summed E-state index contributed by atoms with van der Waals surface area (Å²) in [5, 5.41) is 0. The number of sulfonamides is 1. The average Bonchev–Trinajstić information content (AvgIpc) is 2.44. The fraction of sp³-hybridized carbons (Fsp3) is 0.200. The second kappa shape index (κ2) is 6.13. The molecule has 0 saturated heterocycles. The number of halogens is 1. The van der Waals surface area contributed by atoms with Crippen LogP contribution >= 0.6 is 0 Å². The first kappa shape index (κ1) is 15.3. The Labute approximate surface area is 123 Å². The molecule has 112 valence electrons. The summed E-state index contributed by atoms with van der Waals surface area (Å²) in [6.07, 6.45) is 0. The minimum absolute atomic E-state index is 0.0922. The zero-order valence-electron chi connectivity index (χ0n) is 11.8. The number of hydrogen-bond donors (Lipinski definition) is 1. The Morgan fingerprint density at radius 2 is 1.81 bits per heavy atom. The van der Waals surface area contributed by atoms with Crippen LogP contribution in [0.5, 0.6) is 5.75 Å². The van der Waals surface area contributed by atoms with Crippen LogP contribution in [0.1, 0.15) is 12.5 Å². The lowest BCUT2D eigenvalue weighted by Crippen LogP contribution is -2.13. The Hall–Kier alpha value is -2.08. The molecule has 0 aliphatic carbocycles. The van der Waals surface area contributed by atoms with E-state index in [1.165, 1.54) is 24.3 Å². The van der Waals surface area contributed by atoms with E-state index in [-0.39, 0.29) is 10.6 Å². The monoisotopic (exact) mass is 309 g/mol. The number of hydrogen-bond acceptors (Lipinski definition) is 3. The lowest BCUT2D eigenvalue weighted by Gasteiger charge is -2.11. The second-order valence-electron chi connectivity index (χ2n) is 4.47. The van der Waals surface area contributed by atoms with Crippen molar-refractivity contribution < 1.29 is 17.5 Å². The number of ether oxygens (including phenoxy) is 1. The quantitative estimate of drug-likeness (QED) is 0.921. The summed E-state index contributed by atoms with van der Waals surface area (Å²) in [5.41, 5.74) is 0.870. The van der Waals surface area contributed by atoms with Crippen molar-refractivity contribution in [2.75, 3.05) is 11.3 Å². The van der Waals surface area contributed by atoms with Crippen molar-refractivity contribution in [2.45, 2.75) is 18.7 Å². The lowest BCUT2D eigenvalue weighted by atomic mass is 10.2. The van der Waals surface area contributed by atoms with Gasteiger partial charge in [-0.3, -0.25) is 4.72 Å². The summed E-state index contributed by atoms with van der Waals surface area (Å²) < 4.78 is 45.4. The zero-order valence-corrected chi connectivity index (χ0v) is 12.6. The molecule has 2 aromatic rings. The van der Waals surface area contributed by atoms with Crippen LogP contribution in [0.15, 0.2) is 47.4 Å². The minimum Gasteiger partial charge on any atom is -0.494 e. The van der Waals surface area contributed by atoms with E-state index in [2.05, 4.69) is 4.72 Å². The highest BCUT2D eigenvalue weighted by Gasteiger charge is 2.15. The lowest BCUT2D eigenvalue weighted by molar-refractivity contribution is 0.340. The maximum absolute atomic E-state index is 13.2. The Bertz CT molecular complexity index is 727. The van der Waals surface area contributed by atoms with Crippen molar-refractivity contribution in [2.24, 2.45) is 0 Å². The first-order chi connectivity index (χ1) is 9.92. The van der Waals surface area contributed by atoms with Gasteiger partial charge in [0.05, 0.1) is 17.2 Å². The molecule has 6 heteroatoms. The molecule has 0 unspecified atom stereocenters. The highest BCUT2D eigenvalue weighted by molar-refractivity contribution is 7.92. The van der Waals surface area contributed by atoms with Crippen LogP contribution in [0.25, 0.3) is 0 Å². The van der Waals surface area contributed by atoms with Gasteiger partial charge in [0.2, 0.25) is 0 Å². The summed E-state index contributed by atoms with van der Waals surface area (Å²) in [6, 6.07) is 10.0. The number of rotatable bonds is 5. The van der Waals surface area contributed by atoms with Gasteiger partial charge in [-0.2, -0.15) is 0 Å². The number of benzene rings is 2. The molecule has 0 aliphatic heterocycles. The van der Waals surface area contributed by atoms with Gasteiger partial charge in [-0.15, -0.1) is 0 Å². The molecule has 0 spiro atoms. The van der Waals surface area contributed by atoms with Gasteiger partial charge < -0.3 is 4.74 Å². The van der Waals surface area contributed by atoms with E-state index in [9.17, 15) is 12.8 Å². The van der Waals surface area contributed by atoms with Crippen molar-refractivity contribution in [3.05, 3.63) is 53.8 Å². The maximum Gasteiger partial charge on any atom is 0.261 e. The molecular weight excluding hydrogens is 293 g/mol. The van der Waals surface area contributed by atoms with E-state index in [0.717, 1.165) is 6.07 Å². The van der Waals surface area contributed by atoms with E-state index in [1.807, 2.05) is 6.92 Å². The molecule has 2 aromatic carbocycles. The van der Waals surface area contributed by atoms with Crippen LogP contribution in [0.4, 0.5) is 10.1 Å². The smallest absolute Gasteiger partial charge is 0.261 e. The summed E-state index contributed by atoms with van der Waals surface area (Å²) in [4.78, 5) is 0.0922. The molecule has 1 N–H and O–H groups in total. The molecule has 0 heterocycles. The first-order valence-electron chi connectivity index (χ1n) is 6.44. The fourth-order valence-corrected chi connectivity index (χ4v) is 2.91. The van der Waals surface area contributed by atoms with E-state index in [0.29, 0.717) is 17.9 Å². The van der Waals surface area contributed by atoms with Gasteiger partial charge in [0, 0.05) is 0 Å². The summed E-state index contributed by atoms with van der Waals surface area (Å²) >= 11 is 0. The Balaban J connectivity index is 2.27. The largest absolute Gasteiger partial charge is 0.494 e. The molecule has 4 nitrogen and oxygen atoms in total. The molecule has 0 saturated carbocycles. The molecule has 0 fully saturated rings. The number of anilines is 1. The third kappa shape index (κ3) is 3.72. The van der Waals surface area contributed by atoms with Gasteiger partial charge in [-0.05, 0) is 55.8 Å². The Kier molecular flexibility index (Phi) is 4.47. The molecule has 0 atom stereocenters. The predicted octanol–water partition coefficient (Wildman–Crippen LogP) is 3.33. The molecule has 2 rings (SSSR count). The number of nitrogens with one attached hydrogen (secondary N) is 1. The van der Waals surface area contributed by atoms with Gasteiger partial charge >= 0.3 is 0 Å². The van der Waals surface area contributed by atoms with Crippen molar-refractivity contribution in [3.63, 3.8) is 0 Å². The van der Waals surface area contributed by atoms with Gasteiger partial charge in [-0.1, -0.05) is 6.07 Å². The normalized spacial score (nSPS) is 11.2. The van der Waals surface area contributed by atoms with Crippen LogP contribution in [0.2, 0.25) is 0 Å². The van der Waals surface area contributed by atoms with E-state index in [1.54, 1.807) is 19.1 Å². The van der Waals surface area contributed by atoms with E-state index >= 15 is 0 Å². The Morgan fingerprint density at radius 3 is 2.43 bits per heavy atom. The number of aryl methyl sites for hydroxylation is 1. The van der Waals surface area contributed by atoms with Gasteiger partial charge in [0.1, 0.15) is 11.6 Å². The summed E-state index contributed by atoms with van der Waals surface area (Å²) in [7, 11) is -3.76. The van der Waals surface area contributed by atoms with Crippen LogP contribution in [-0.2, 0) is 10.0 Å². The Morgan fingerprint density at radius 1 is 1.14 bits per heavy atom. The SMILES string of the molecule is CCOc1ccc(S(=O)(=O)Nc2cc(F)ccc2C)cc1. The molecule has 0 aromatic heterocycles. The van der Waals surface area contributed by atoms with Crippen LogP contribution < -0.4 is 9.46 Å². The fourth-order valence-electron chi connectivity index (χ4n) is 1.79. The van der Waals surface area contributed by atoms with Crippen molar-refractivity contribution in [1.82, 2.24) is 0 Å². The van der Waals surface area contributed by atoms with Crippen LogP contribution in [-0.4, -0.2) is 15.0 Å². The van der Waals surface area contributed by atoms with Gasteiger partial charge in [0.15, 0.2) is 0 Å². The average molecular weight is 309 g/mol. The highest BCUT2D eigenvalue weighted by atomic mass is 32.2. The highest BCUT2D eigenvalue weighted by Crippen LogP contribution is 2.22. The molecule has 0 amide bonds. The molecular formula is C15H16FNO3S. The van der Waals surface area contributed by atoms with Gasteiger partial charge in [0.25, 0.3) is 10.0 Å². The molecule has 0 radical (unpaired) electrons. The van der Waals surface area contributed by atoms with E-state index < -0.39 is 15.8 Å². The van der Waals surface area contributed by atoms with Crippen LogP contribution in [0, 0.1) is 12.7 Å². The third-order valence-electron chi connectivity index (χ3n) is 2.89. The first-order valence-corrected chi connectivity index (χ1v) is 7.92. The second-order valence-corrected chi connectivity index (χ2v) is 6.15. The maximum atomic E-state index is 13.2. The molecule has 0 aliphatic rings. The van der Waals surface area contributed by atoms with Crippen molar-refractivity contribution in [3.8, 4) is 5.75 Å². The van der Waals surface area contributed by atoms with Gasteiger partial charge in [-0.25, -0.2) is 12.8 Å². The summed E-state index contributed by atoms with van der Waals surface area (Å²) in [6.45, 7) is 4.06. The van der Waals surface area contributed by atoms with Crippen molar-refractivity contribution >= 4 is 15.7 Å². The van der Waals surface area contributed by atoms with E-state index in [4.69, 9.17) is 4.74 Å². The summed E-state index contributed by atoms with van der Waals surface area (Å²) in [5.74, 6) is 0.100. The standard InChI is InChI=1S/C15H16FNO3S/c1-3-20-13-6-8-14(9-7-13)21(18,19)17-15-10-12(16)5-4-11(15)2/h4-10,17H,3H2,1-2H3. The zero-order chi connectivity index (χ0) is 15.5. The third-order valence-corrected chi connectivity index (χ3v) is 4.27. The molecule has 0 bridgehead atoms.